The van der Waals surface area contributed by atoms with E-state index < -0.39 is 0 Å². The molecule has 0 atom stereocenters. The van der Waals surface area contributed by atoms with Crippen LogP contribution in [0.1, 0.15) is 5.56 Å². The molecule has 0 aliphatic heterocycles. The fraction of sp³-hybridized carbons (Fsp3) is 0. The summed E-state index contributed by atoms with van der Waals surface area (Å²) in [5, 5.41) is 17.4. The van der Waals surface area contributed by atoms with Gasteiger partial charge in [-0.3, -0.25) is 0 Å². The van der Waals surface area contributed by atoms with E-state index in [1.54, 1.807) is 12.1 Å². The predicted molar refractivity (Wildman–Crippen MR) is 45.5 cm³/mol. The zero-order chi connectivity index (χ0) is 7.56. The maximum absolute atomic E-state index is 8.92. The Morgan fingerprint density at radius 1 is 1.50 bits per heavy atom. The van der Waals surface area contributed by atoms with Crippen LogP contribution in [0.2, 0.25) is 0 Å². The molecule has 1 aromatic carbocycles. The van der Waals surface area contributed by atoms with Crippen molar-refractivity contribution in [2.75, 3.05) is 0 Å². The van der Waals surface area contributed by atoms with Gasteiger partial charge < -0.3 is 5.11 Å². The molecule has 0 aromatic heterocycles. The van der Waals surface area contributed by atoms with Gasteiger partial charge in [-0.25, -0.2) is 0 Å². The number of phenols is 1. The first-order chi connectivity index (χ1) is 4.74. The van der Waals surface area contributed by atoms with Gasteiger partial charge in [0.15, 0.2) is 0 Å². The molecule has 0 bridgehead atoms. The van der Waals surface area contributed by atoms with Crippen LogP contribution in [0.15, 0.2) is 18.2 Å². The predicted octanol–water partition coefficient (Wildman–Crippen LogP) is 1.87. The normalized spacial score (nSPS) is 8.80. The zero-order valence-corrected chi connectivity index (χ0v) is 7.16. The van der Waals surface area contributed by atoms with Crippen LogP contribution >= 0.6 is 22.6 Å². The lowest BCUT2D eigenvalue weighted by molar-refractivity contribution is 0.475. The second-order valence-electron chi connectivity index (χ2n) is 1.78. The molecule has 50 valence electrons. The van der Waals surface area contributed by atoms with E-state index in [1.165, 1.54) is 6.07 Å². The maximum Gasteiger partial charge on any atom is 0.116 e. The third-order valence-corrected chi connectivity index (χ3v) is 1.97. The molecule has 2 nitrogen and oxygen atoms in total. The third kappa shape index (κ3) is 1.39. The first-order valence-corrected chi connectivity index (χ1v) is 3.70. The highest BCUT2D eigenvalue weighted by molar-refractivity contribution is 14.1. The molecule has 0 heterocycles. The van der Waals surface area contributed by atoms with Crippen molar-refractivity contribution in [1.29, 1.82) is 5.26 Å². The van der Waals surface area contributed by atoms with Crippen LogP contribution in [0.5, 0.6) is 5.75 Å². The summed E-state index contributed by atoms with van der Waals surface area (Å²) in [7, 11) is 0. The topological polar surface area (TPSA) is 44.0 Å². The molecule has 0 aliphatic carbocycles. The van der Waals surface area contributed by atoms with E-state index in [-0.39, 0.29) is 5.75 Å². The summed E-state index contributed by atoms with van der Waals surface area (Å²) in [6, 6.07) is 6.65. The van der Waals surface area contributed by atoms with Gasteiger partial charge >= 0.3 is 0 Å². The summed E-state index contributed by atoms with van der Waals surface area (Å²) in [5.74, 6) is 0.198. The molecule has 10 heavy (non-hydrogen) atoms. The van der Waals surface area contributed by atoms with Gasteiger partial charge in [0.1, 0.15) is 11.8 Å². The number of rotatable bonds is 0. The summed E-state index contributed by atoms with van der Waals surface area (Å²) in [6.45, 7) is 0. The van der Waals surface area contributed by atoms with Crippen LogP contribution in [0.3, 0.4) is 0 Å². The number of nitrogens with zero attached hydrogens (tertiary/aromatic N) is 1. The van der Waals surface area contributed by atoms with Crippen LogP contribution < -0.4 is 0 Å². The third-order valence-electron chi connectivity index (χ3n) is 1.07. The Bertz CT molecular complexity index is 290. The Morgan fingerprint density at radius 3 is 2.70 bits per heavy atom. The number of hydrogen-bond acceptors (Lipinski definition) is 2. The van der Waals surface area contributed by atoms with Crippen LogP contribution in [-0.4, -0.2) is 5.11 Å². The molecule has 3 heteroatoms. The van der Waals surface area contributed by atoms with E-state index >= 15 is 0 Å². The van der Waals surface area contributed by atoms with Crippen molar-refractivity contribution in [2.45, 2.75) is 0 Å². The van der Waals surface area contributed by atoms with Crippen LogP contribution in [0.25, 0.3) is 0 Å². The highest BCUT2D eigenvalue weighted by Crippen LogP contribution is 2.17. The fourth-order valence-corrected chi connectivity index (χ4v) is 1.21. The van der Waals surface area contributed by atoms with Crippen molar-refractivity contribution in [3.63, 3.8) is 0 Å². The Kier molecular flexibility index (Phi) is 2.12. The summed E-state index contributed by atoms with van der Waals surface area (Å²) < 4.78 is 0.778. The Labute approximate surface area is 72.2 Å². The number of phenolic OH excluding ortho intramolecular Hbond substituents is 1. The van der Waals surface area contributed by atoms with Gasteiger partial charge in [-0.1, -0.05) is 0 Å². The second kappa shape index (κ2) is 2.88. The minimum absolute atomic E-state index is 0.198. The number of nitriles is 1. The Morgan fingerprint density at radius 2 is 2.20 bits per heavy atom. The van der Waals surface area contributed by atoms with Crippen molar-refractivity contribution in [1.82, 2.24) is 0 Å². The van der Waals surface area contributed by atoms with Gasteiger partial charge in [-0.05, 0) is 40.8 Å². The van der Waals surface area contributed by atoms with Crippen molar-refractivity contribution in [3.8, 4) is 11.8 Å². The molecule has 0 spiro atoms. The first kappa shape index (κ1) is 7.35. The zero-order valence-electron chi connectivity index (χ0n) is 5.00. The molecular weight excluding hydrogens is 241 g/mol. The van der Waals surface area contributed by atoms with Gasteiger partial charge in [0.25, 0.3) is 0 Å². The maximum atomic E-state index is 8.92. The van der Waals surface area contributed by atoms with E-state index in [1.807, 2.05) is 28.7 Å². The Hall–Kier alpha value is -0.760. The minimum Gasteiger partial charge on any atom is -0.508 e. The van der Waals surface area contributed by atoms with Gasteiger partial charge in [-0.2, -0.15) is 5.26 Å². The molecule has 1 N–H and O–H groups in total. The standard InChI is InChI=1S/C7H4INO/c8-7-3-6(10)2-1-5(7)4-9/h1-3,10H. The van der Waals surface area contributed by atoms with Crippen LogP contribution in [0.4, 0.5) is 0 Å². The van der Waals surface area contributed by atoms with E-state index in [2.05, 4.69) is 0 Å². The van der Waals surface area contributed by atoms with E-state index in [4.69, 9.17) is 10.4 Å². The molecule has 0 amide bonds. The fourth-order valence-electron chi connectivity index (χ4n) is 0.595. The molecule has 0 unspecified atom stereocenters. The monoisotopic (exact) mass is 245 g/mol. The molecule has 1 rings (SSSR count). The highest BCUT2D eigenvalue weighted by Gasteiger charge is 1.97. The van der Waals surface area contributed by atoms with Crippen molar-refractivity contribution < 1.29 is 5.11 Å². The van der Waals surface area contributed by atoms with Crippen LogP contribution in [-0.2, 0) is 0 Å². The van der Waals surface area contributed by atoms with Crippen molar-refractivity contribution in [2.24, 2.45) is 0 Å². The first-order valence-electron chi connectivity index (χ1n) is 2.62. The molecule has 0 saturated carbocycles. The van der Waals surface area contributed by atoms with E-state index in [0.717, 1.165) is 3.57 Å². The average Bonchev–Trinajstić information content (AvgIpc) is 1.88. The number of halogens is 1. The quantitative estimate of drug-likeness (QED) is 0.709. The molecule has 0 fully saturated rings. The summed E-state index contributed by atoms with van der Waals surface area (Å²) in [6.07, 6.45) is 0. The minimum atomic E-state index is 0.198. The second-order valence-corrected chi connectivity index (χ2v) is 2.94. The lowest BCUT2D eigenvalue weighted by Gasteiger charge is -1.93. The van der Waals surface area contributed by atoms with Crippen molar-refractivity contribution in [3.05, 3.63) is 27.3 Å². The lowest BCUT2D eigenvalue weighted by atomic mass is 10.2. The molecule has 0 radical (unpaired) electrons. The molecule has 0 saturated heterocycles. The number of hydrogen-bond donors (Lipinski definition) is 1. The Balaban J connectivity index is 3.23. The smallest absolute Gasteiger partial charge is 0.116 e. The van der Waals surface area contributed by atoms with Gasteiger partial charge in [0, 0.05) is 3.57 Å². The van der Waals surface area contributed by atoms with Gasteiger partial charge in [0.05, 0.1) is 5.56 Å². The average molecular weight is 245 g/mol. The molecule has 1 aromatic rings. The summed E-state index contributed by atoms with van der Waals surface area (Å²) in [5.41, 5.74) is 0.596. The number of benzene rings is 1. The SMILES string of the molecule is N#Cc1ccc(O)cc1I. The van der Waals surface area contributed by atoms with Gasteiger partial charge in [0.2, 0.25) is 0 Å². The van der Waals surface area contributed by atoms with E-state index in [0.29, 0.717) is 5.56 Å². The largest absolute Gasteiger partial charge is 0.508 e. The summed E-state index contributed by atoms with van der Waals surface area (Å²) >= 11 is 2.00. The van der Waals surface area contributed by atoms with Crippen LogP contribution in [0, 0.1) is 14.9 Å². The molecule has 0 aliphatic rings. The highest BCUT2D eigenvalue weighted by atomic mass is 127. The van der Waals surface area contributed by atoms with Crippen molar-refractivity contribution >= 4 is 22.6 Å². The number of aromatic hydroxyl groups is 1. The lowest BCUT2D eigenvalue weighted by Crippen LogP contribution is -1.78. The summed E-state index contributed by atoms with van der Waals surface area (Å²) in [4.78, 5) is 0. The van der Waals surface area contributed by atoms with E-state index in [9.17, 15) is 0 Å². The molecular formula is C7H4INO. The van der Waals surface area contributed by atoms with Gasteiger partial charge in [-0.15, -0.1) is 0 Å².